The second kappa shape index (κ2) is 11.5. The van der Waals surface area contributed by atoms with Gasteiger partial charge in [0.2, 0.25) is 5.91 Å². The standard InChI is InChI=1S/C25H31N3O5/c1-17(2)22(27-23(29)19-8-10-21(32-3)11-9-19)24(30)26-16-18-4-6-20(7-5-18)25(31)28-12-14-33-15-13-28/h4-11,17,22H,12-16H2,1-3H3,(H,26,30)(H,27,29). The Morgan fingerprint density at radius 1 is 0.970 bits per heavy atom. The average molecular weight is 454 g/mol. The number of methoxy groups -OCH3 is 1. The molecule has 2 N–H and O–H groups in total. The van der Waals surface area contributed by atoms with E-state index in [1.807, 2.05) is 26.0 Å². The summed E-state index contributed by atoms with van der Waals surface area (Å²) in [5.74, 6) is -0.0455. The lowest BCUT2D eigenvalue weighted by Gasteiger charge is -2.26. The lowest BCUT2D eigenvalue weighted by Crippen LogP contribution is -2.49. The van der Waals surface area contributed by atoms with Crippen LogP contribution >= 0.6 is 0 Å². The molecule has 0 radical (unpaired) electrons. The average Bonchev–Trinajstić information content (AvgIpc) is 2.86. The second-order valence-electron chi connectivity index (χ2n) is 8.24. The number of amides is 3. The maximum atomic E-state index is 12.8. The molecule has 8 nitrogen and oxygen atoms in total. The molecule has 0 aromatic heterocycles. The molecule has 3 rings (SSSR count). The fourth-order valence-electron chi connectivity index (χ4n) is 3.52. The molecule has 1 atom stereocenters. The van der Waals surface area contributed by atoms with E-state index in [0.29, 0.717) is 49.7 Å². The van der Waals surface area contributed by atoms with Crippen LogP contribution in [0.2, 0.25) is 0 Å². The van der Waals surface area contributed by atoms with Gasteiger partial charge < -0.3 is 25.0 Å². The predicted molar refractivity (Wildman–Crippen MR) is 124 cm³/mol. The Balaban J connectivity index is 1.55. The summed E-state index contributed by atoms with van der Waals surface area (Å²) in [6.07, 6.45) is 0. The first-order valence-electron chi connectivity index (χ1n) is 11.1. The molecule has 1 heterocycles. The highest BCUT2D eigenvalue weighted by Gasteiger charge is 2.24. The van der Waals surface area contributed by atoms with E-state index < -0.39 is 6.04 Å². The van der Waals surface area contributed by atoms with Gasteiger partial charge in [-0.15, -0.1) is 0 Å². The maximum Gasteiger partial charge on any atom is 0.254 e. The van der Waals surface area contributed by atoms with Gasteiger partial charge in [-0.1, -0.05) is 26.0 Å². The number of hydrogen-bond donors (Lipinski definition) is 2. The summed E-state index contributed by atoms with van der Waals surface area (Å²) in [5, 5.41) is 5.70. The van der Waals surface area contributed by atoms with Crippen LogP contribution in [-0.4, -0.2) is 62.1 Å². The third-order valence-electron chi connectivity index (χ3n) is 5.55. The van der Waals surface area contributed by atoms with Crippen molar-refractivity contribution in [3.8, 4) is 5.75 Å². The fraction of sp³-hybridized carbons (Fsp3) is 0.400. The van der Waals surface area contributed by atoms with Gasteiger partial charge in [0.05, 0.1) is 20.3 Å². The quantitative estimate of drug-likeness (QED) is 0.639. The van der Waals surface area contributed by atoms with E-state index in [2.05, 4.69) is 10.6 Å². The first-order chi connectivity index (χ1) is 15.9. The van der Waals surface area contributed by atoms with Gasteiger partial charge in [-0.05, 0) is 47.9 Å². The summed E-state index contributed by atoms with van der Waals surface area (Å²) in [6.45, 7) is 6.36. The Morgan fingerprint density at radius 2 is 1.58 bits per heavy atom. The summed E-state index contributed by atoms with van der Waals surface area (Å²) in [4.78, 5) is 39.7. The molecular formula is C25H31N3O5. The molecule has 0 spiro atoms. The molecule has 1 aliphatic rings. The smallest absolute Gasteiger partial charge is 0.254 e. The van der Waals surface area contributed by atoms with E-state index in [1.54, 1.807) is 48.4 Å². The van der Waals surface area contributed by atoms with Crippen LogP contribution in [-0.2, 0) is 16.1 Å². The van der Waals surface area contributed by atoms with E-state index in [-0.39, 0.29) is 23.6 Å². The summed E-state index contributed by atoms with van der Waals surface area (Å²) in [5.41, 5.74) is 1.93. The van der Waals surface area contributed by atoms with Gasteiger partial charge in [0.1, 0.15) is 11.8 Å². The van der Waals surface area contributed by atoms with Gasteiger partial charge in [0.15, 0.2) is 0 Å². The van der Waals surface area contributed by atoms with Crippen molar-refractivity contribution in [1.29, 1.82) is 0 Å². The SMILES string of the molecule is COc1ccc(C(=O)NC(C(=O)NCc2ccc(C(=O)N3CCOCC3)cc2)C(C)C)cc1. The summed E-state index contributed by atoms with van der Waals surface area (Å²) < 4.78 is 10.4. The minimum Gasteiger partial charge on any atom is -0.497 e. The van der Waals surface area contributed by atoms with Crippen LogP contribution in [0.15, 0.2) is 48.5 Å². The van der Waals surface area contributed by atoms with E-state index >= 15 is 0 Å². The van der Waals surface area contributed by atoms with E-state index in [0.717, 1.165) is 5.56 Å². The molecule has 1 fully saturated rings. The molecular weight excluding hydrogens is 422 g/mol. The minimum absolute atomic E-state index is 0.0185. The van der Waals surface area contributed by atoms with Crippen molar-refractivity contribution in [1.82, 2.24) is 15.5 Å². The molecule has 2 aromatic carbocycles. The van der Waals surface area contributed by atoms with E-state index in [9.17, 15) is 14.4 Å². The molecule has 3 amide bonds. The zero-order valence-corrected chi connectivity index (χ0v) is 19.3. The molecule has 176 valence electrons. The fourth-order valence-corrected chi connectivity index (χ4v) is 3.52. The lowest BCUT2D eigenvalue weighted by molar-refractivity contribution is -0.124. The van der Waals surface area contributed by atoms with Crippen LogP contribution in [0.4, 0.5) is 0 Å². The molecule has 0 saturated carbocycles. The van der Waals surface area contributed by atoms with Crippen LogP contribution in [0, 0.1) is 5.92 Å². The van der Waals surface area contributed by atoms with Gasteiger partial charge >= 0.3 is 0 Å². The van der Waals surface area contributed by atoms with Crippen LogP contribution in [0.5, 0.6) is 5.75 Å². The Kier molecular flexibility index (Phi) is 8.43. The van der Waals surface area contributed by atoms with Gasteiger partial charge in [-0.2, -0.15) is 0 Å². The van der Waals surface area contributed by atoms with Gasteiger partial charge in [0, 0.05) is 30.8 Å². The Labute approximate surface area is 194 Å². The predicted octanol–water partition coefficient (Wildman–Crippen LogP) is 2.24. The van der Waals surface area contributed by atoms with Crippen molar-refractivity contribution in [2.75, 3.05) is 33.4 Å². The molecule has 2 aromatic rings. The van der Waals surface area contributed by atoms with Crippen LogP contribution in [0.1, 0.15) is 40.1 Å². The molecule has 1 aliphatic heterocycles. The van der Waals surface area contributed by atoms with Crippen molar-refractivity contribution in [3.63, 3.8) is 0 Å². The number of hydrogen-bond acceptors (Lipinski definition) is 5. The molecule has 1 unspecified atom stereocenters. The Morgan fingerprint density at radius 3 is 2.15 bits per heavy atom. The monoisotopic (exact) mass is 453 g/mol. The minimum atomic E-state index is -0.679. The maximum absolute atomic E-state index is 12.8. The van der Waals surface area contributed by atoms with Crippen LogP contribution < -0.4 is 15.4 Å². The van der Waals surface area contributed by atoms with Crippen molar-refractivity contribution < 1.29 is 23.9 Å². The number of rotatable bonds is 8. The summed E-state index contributed by atoms with van der Waals surface area (Å²) in [7, 11) is 1.56. The highest BCUT2D eigenvalue weighted by Crippen LogP contribution is 2.13. The van der Waals surface area contributed by atoms with Crippen molar-refractivity contribution in [2.24, 2.45) is 5.92 Å². The number of nitrogens with one attached hydrogen (secondary N) is 2. The van der Waals surface area contributed by atoms with E-state index in [4.69, 9.17) is 9.47 Å². The summed E-state index contributed by atoms with van der Waals surface area (Å²) in [6, 6.07) is 13.2. The molecule has 1 saturated heterocycles. The Hall–Kier alpha value is -3.39. The summed E-state index contributed by atoms with van der Waals surface area (Å²) >= 11 is 0. The zero-order valence-electron chi connectivity index (χ0n) is 19.3. The van der Waals surface area contributed by atoms with Crippen molar-refractivity contribution >= 4 is 17.7 Å². The van der Waals surface area contributed by atoms with E-state index in [1.165, 1.54) is 0 Å². The number of ether oxygens (including phenoxy) is 2. The van der Waals surface area contributed by atoms with Crippen molar-refractivity contribution in [3.05, 3.63) is 65.2 Å². The van der Waals surface area contributed by atoms with Crippen LogP contribution in [0.3, 0.4) is 0 Å². The third-order valence-corrected chi connectivity index (χ3v) is 5.55. The van der Waals surface area contributed by atoms with Gasteiger partial charge in [-0.25, -0.2) is 0 Å². The topological polar surface area (TPSA) is 97.0 Å². The molecule has 0 bridgehead atoms. The zero-order chi connectivity index (χ0) is 23.8. The van der Waals surface area contributed by atoms with Crippen LogP contribution in [0.25, 0.3) is 0 Å². The molecule has 8 heteroatoms. The van der Waals surface area contributed by atoms with Gasteiger partial charge in [0.25, 0.3) is 11.8 Å². The first-order valence-corrected chi connectivity index (χ1v) is 11.1. The Bertz CT molecular complexity index is 951. The highest BCUT2D eigenvalue weighted by atomic mass is 16.5. The highest BCUT2D eigenvalue weighted by molar-refractivity contribution is 5.97. The number of carbonyl (C=O) groups excluding carboxylic acids is 3. The molecule has 0 aliphatic carbocycles. The number of nitrogens with zero attached hydrogens (tertiary/aromatic N) is 1. The number of carbonyl (C=O) groups is 3. The number of benzene rings is 2. The molecule has 33 heavy (non-hydrogen) atoms. The third kappa shape index (κ3) is 6.55. The van der Waals surface area contributed by atoms with Crippen molar-refractivity contribution in [2.45, 2.75) is 26.4 Å². The largest absolute Gasteiger partial charge is 0.497 e. The first kappa shape index (κ1) is 24.3. The van der Waals surface area contributed by atoms with Gasteiger partial charge in [-0.3, -0.25) is 14.4 Å². The second-order valence-corrected chi connectivity index (χ2v) is 8.24. The number of morpholine rings is 1. The normalized spacial score (nSPS) is 14.5. The lowest BCUT2D eigenvalue weighted by atomic mass is 10.0.